The minimum absolute atomic E-state index is 0.0829. The van der Waals surface area contributed by atoms with Crippen LogP contribution in [-0.2, 0) is 11.2 Å². The number of hydrogen-bond acceptors (Lipinski definition) is 3. The molecule has 1 amide bonds. The molecule has 1 aromatic carbocycles. The molecule has 1 heterocycles. The Kier molecular flexibility index (Phi) is 6.05. The van der Waals surface area contributed by atoms with Crippen LogP contribution >= 0.6 is 0 Å². The average Bonchev–Trinajstić information content (AvgIpc) is 2.46. The number of nitrogens with one attached hydrogen (secondary N) is 1. The Morgan fingerprint density at radius 3 is 2.81 bits per heavy atom. The van der Waals surface area contributed by atoms with Crippen molar-refractivity contribution in [1.29, 1.82) is 0 Å². The van der Waals surface area contributed by atoms with Crippen LogP contribution in [0.5, 0.6) is 0 Å². The summed E-state index contributed by atoms with van der Waals surface area (Å²) < 4.78 is 0. The summed E-state index contributed by atoms with van der Waals surface area (Å²) in [4.78, 5) is 13.5. The molecule has 4 nitrogen and oxygen atoms in total. The van der Waals surface area contributed by atoms with Gasteiger partial charge in [0, 0.05) is 19.2 Å². The SMILES string of the molecule is CC(=O)NCC1CCN(CCCc2cccc(N)c2)CC1. The third-order valence-electron chi connectivity index (χ3n) is 4.24. The zero-order chi connectivity index (χ0) is 15.1. The van der Waals surface area contributed by atoms with Gasteiger partial charge in [-0.3, -0.25) is 4.79 Å². The number of carbonyl (C=O) groups is 1. The highest BCUT2D eigenvalue weighted by Gasteiger charge is 2.18. The number of rotatable bonds is 6. The van der Waals surface area contributed by atoms with E-state index in [1.807, 2.05) is 12.1 Å². The fourth-order valence-corrected chi connectivity index (χ4v) is 2.96. The summed E-state index contributed by atoms with van der Waals surface area (Å²) in [6.07, 6.45) is 4.66. The van der Waals surface area contributed by atoms with E-state index >= 15 is 0 Å². The van der Waals surface area contributed by atoms with Crippen LogP contribution in [0.15, 0.2) is 24.3 Å². The molecule has 1 aromatic rings. The Morgan fingerprint density at radius 1 is 1.38 bits per heavy atom. The number of benzene rings is 1. The molecule has 0 bridgehead atoms. The van der Waals surface area contributed by atoms with Gasteiger partial charge in [-0.25, -0.2) is 0 Å². The molecule has 0 saturated carbocycles. The second-order valence-corrected chi connectivity index (χ2v) is 6.07. The Morgan fingerprint density at radius 2 is 2.14 bits per heavy atom. The van der Waals surface area contributed by atoms with Crippen LogP contribution in [0.1, 0.15) is 31.7 Å². The number of hydrogen-bond donors (Lipinski definition) is 2. The molecule has 1 aliphatic heterocycles. The van der Waals surface area contributed by atoms with E-state index in [1.165, 1.54) is 24.8 Å². The summed E-state index contributed by atoms with van der Waals surface area (Å²) >= 11 is 0. The third-order valence-corrected chi connectivity index (χ3v) is 4.24. The molecule has 116 valence electrons. The number of anilines is 1. The van der Waals surface area contributed by atoms with Crippen LogP contribution in [0.25, 0.3) is 0 Å². The van der Waals surface area contributed by atoms with Crippen molar-refractivity contribution in [2.45, 2.75) is 32.6 Å². The van der Waals surface area contributed by atoms with Crippen molar-refractivity contribution in [3.05, 3.63) is 29.8 Å². The third kappa shape index (κ3) is 5.76. The minimum Gasteiger partial charge on any atom is -0.399 e. The summed E-state index contributed by atoms with van der Waals surface area (Å²) in [6.45, 7) is 5.89. The number of carbonyl (C=O) groups excluding carboxylic acids is 1. The van der Waals surface area contributed by atoms with Gasteiger partial charge in [0.05, 0.1) is 0 Å². The molecule has 1 aliphatic rings. The van der Waals surface area contributed by atoms with E-state index in [-0.39, 0.29) is 5.91 Å². The minimum atomic E-state index is 0.0829. The molecule has 2 rings (SSSR count). The number of aryl methyl sites for hydroxylation is 1. The zero-order valence-corrected chi connectivity index (χ0v) is 13.0. The lowest BCUT2D eigenvalue weighted by Gasteiger charge is -2.31. The number of piperidine rings is 1. The smallest absolute Gasteiger partial charge is 0.216 e. The highest BCUT2D eigenvalue weighted by Crippen LogP contribution is 2.17. The molecule has 0 atom stereocenters. The van der Waals surface area contributed by atoms with E-state index in [9.17, 15) is 4.79 Å². The van der Waals surface area contributed by atoms with Crippen LogP contribution in [-0.4, -0.2) is 37.0 Å². The van der Waals surface area contributed by atoms with E-state index in [1.54, 1.807) is 6.92 Å². The van der Waals surface area contributed by atoms with Gasteiger partial charge in [0.2, 0.25) is 5.91 Å². The second kappa shape index (κ2) is 8.03. The van der Waals surface area contributed by atoms with Crippen LogP contribution in [0, 0.1) is 5.92 Å². The van der Waals surface area contributed by atoms with Gasteiger partial charge in [0.15, 0.2) is 0 Å². The summed E-state index contributed by atoms with van der Waals surface area (Å²) in [6, 6.07) is 8.18. The first-order chi connectivity index (χ1) is 10.1. The quantitative estimate of drug-likeness (QED) is 0.788. The molecular formula is C17H27N3O. The van der Waals surface area contributed by atoms with Crippen molar-refractivity contribution >= 4 is 11.6 Å². The van der Waals surface area contributed by atoms with E-state index in [4.69, 9.17) is 5.73 Å². The van der Waals surface area contributed by atoms with E-state index in [0.717, 1.165) is 38.3 Å². The second-order valence-electron chi connectivity index (χ2n) is 6.07. The fourth-order valence-electron chi connectivity index (χ4n) is 2.96. The Labute approximate surface area is 127 Å². The lowest BCUT2D eigenvalue weighted by molar-refractivity contribution is -0.119. The van der Waals surface area contributed by atoms with Gasteiger partial charge in [-0.2, -0.15) is 0 Å². The van der Waals surface area contributed by atoms with Crippen molar-refractivity contribution in [1.82, 2.24) is 10.2 Å². The maximum Gasteiger partial charge on any atom is 0.216 e. The predicted octanol–water partition coefficient (Wildman–Crippen LogP) is 2.05. The molecule has 0 radical (unpaired) electrons. The molecular weight excluding hydrogens is 262 g/mol. The maximum absolute atomic E-state index is 10.9. The number of likely N-dealkylation sites (tertiary alicyclic amines) is 1. The average molecular weight is 289 g/mol. The molecule has 3 N–H and O–H groups in total. The Balaban J connectivity index is 1.61. The van der Waals surface area contributed by atoms with Gasteiger partial charge >= 0.3 is 0 Å². The van der Waals surface area contributed by atoms with Gasteiger partial charge in [0.1, 0.15) is 0 Å². The van der Waals surface area contributed by atoms with Gasteiger partial charge < -0.3 is 16.0 Å². The van der Waals surface area contributed by atoms with Crippen molar-refractivity contribution < 1.29 is 4.79 Å². The van der Waals surface area contributed by atoms with Crippen LogP contribution in [0.2, 0.25) is 0 Å². The summed E-state index contributed by atoms with van der Waals surface area (Å²) in [5.41, 5.74) is 7.98. The molecule has 0 aliphatic carbocycles. The Bertz CT molecular complexity index is 453. The topological polar surface area (TPSA) is 58.4 Å². The van der Waals surface area contributed by atoms with Crippen molar-refractivity contribution in [2.75, 3.05) is 31.9 Å². The standard InChI is InChI=1S/C17H27N3O/c1-14(21)19-13-16-7-10-20(11-8-16)9-3-5-15-4-2-6-17(18)12-15/h2,4,6,12,16H,3,5,7-11,13,18H2,1H3,(H,19,21). The monoisotopic (exact) mass is 289 g/mol. The molecule has 1 saturated heterocycles. The van der Waals surface area contributed by atoms with Gasteiger partial charge in [0.25, 0.3) is 0 Å². The van der Waals surface area contributed by atoms with Crippen LogP contribution < -0.4 is 11.1 Å². The summed E-state index contributed by atoms with van der Waals surface area (Å²) in [7, 11) is 0. The predicted molar refractivity (Wildman–Crippen MR) is 87.0 cm³/mol. The molecule has 0 unspecified atom stereocenters. The molecule has 0 spiro atoms. The lowest BCUT2D eigenvalue weighted by atomic mass is 9.96. The zero-order valence-electron chi connectivity index (χ0n) is 13.0. The number of nitrogens with zero attached hydrogens (tertiary/aromatic N) is 1. The van der Waals surface area contributed by atoms with Crippen molar-refractivity contribution in [3.8, 4) is 0 Å². The molecule has 21 heavy (non-hydrogen) atoms. The number of amides is 1. The Hall–Kier alpha value is -1.55. The summed E-state index contributed by atoms with van der Waals surface area (Å²) in [5, 5.41) is 2.93. The highest BCUT2D eigenvalue weighted by molar-refractivity contribution is 5.72. The highest BCUT2D eigenvalue weighted by atomic mass is 16.1. The lowest BCUT2D eigenvalue weighted by Crippen LogP contribution is -2.38. The maximum atomic E-state index is 10.9. The van der Waals surface area contributed by atoms with Gasteiger partial charge in [-0.15, -0.1) is 0 Å². The van der Waals surface area contributed by atoms with Gasteiger partial charge in [-0.05, 0) is 68.9 Å². The van der Waals surface area contributed by atoms with Crippen LogP contribution in [0.4, 0.5) is 5.69 Å². The van der Waals surface area contributed by atoms with Gasteiger partial charge in [-0.1, -0.05) is 12.1 Å². The first-order valence-electron chi connectivity index (χ1n) is 7.94. The largest absolute Gasteiger partial charge is 0.399 e. The molecule has 4 heteroatoms. The first kappa shape index (κ1) is 15.8. The van der Waals surface area contributed by atoms with E-state index < -0.39 is 0 Å². The molecule has 0 aromatic heterocycles. The van der Waals surface area contributed by atoms with Crippen LogP contribution in [0.3, 0.4) is 0 Å². The van der Waals surface area contributed by atoms with E-state index in [0.29, 0.717) is 5.92 Å². The normalized spacial score (nSPS) is 16.8. The van der Waals surface area contributed by atoms with E-state index in [2.05, 4.69) is 22.3 Å². The first-order valence-corrected chi connectivity index (χ1v) is 7.94. The number of nitrogen functional groups attached to an aromatic ring is 1. The van der Waals surface area contributed by atoms with Crippen molar-refractivity contribution in [2.24, 2.45) is 5.92 Å². The fraction of sp³-hybridized carbons (Fsp3) is 0.588. The van der Waals surface area contributed by atoms with Crippen molar-refractivity contribution in [3.63, 3.8) is 0 Å². The summed E-state index contributed by atoms with van der Waals surface area (Å²) in [5.74, 6) is 0.735. The number of nitrogens with two attached hydrogens (primary N) is 1. The molecule has 1 fully saturated rings.